The molecule has 138 valence electrons. The summed E-state index contributed by atoms with van der Waals surface area (Å²) in [5, 5.41) is 4.00. The normalized spacial score (nSPS) is 10.5. The number of carbonyl (C=O) groups excluding carboxylic acids is 1. The summed E-state index contributed by atoms with van der Waals surface area (Å²) in [4.78, 5) is 12.3. The van der Waals surface area contributed by atoms with E-state index in [1.54, 1.807) is 45.6 Å². The molecule has 2 rings (SSSR count). The van der Waals surface area contributed by atoms with E-state index in [0.717, 1.165) is 9.13 Å². The highest BCUT2D eigenvalue weighted by Gasteiger charge is 2.13. The molecule has 0 fully saturated rings. The monoisotopic (exact) mass is 470 g/mol. The van der Waals surface area contributed by atoms with Crippen LogP contribution >= 0.6 is 22.6 Å². The molecule has 0 aliphatic carbocycles. The summed E-state index contributed by atoms with van der Waals surface area (Å²) >= 11 is 2.14. The van der Waals surface area contributed by atoms with Gasteiger partial charge in [-0.3, -0.25) is 4.79 Å². The number of hydrogen-bond donors (Lipinski definition) is 1. The van der Waals surface area contributed by atoms with Crippen molar-refractivity contribution in [2.75, 3.05) is 28.4 Å². The minimum absolute atomic E-state index is 0.354. The van der Waals surface area contributed by atoms with Crippen LogP contribution in [-0.2, 0) is 0 Å². The van der Waals surface area contributed by atoms with Gasteiger partial charge in [-0.2, -0.15) is 5.10 Å². The Morgan fingerprint density at radius 3 is 2.35 bits per heavy atom. The highest BCUT2D eigenvalue weighted by atomic mass is 127. The number of nitrogens with one attached hydrogen (secondary N) is 1. The molecule has 2 aromatic rings. The Kier molecular flexibility index (Phi) is 7.07. The molecule has 0 heterocycles. The first-order valence-corrected chi connectivity index (χ1v) is 8.58. The van der Waals surface area contributed by atoms with Gasteiger partial charge in [0.15, 0.2) is 11.5 Å². The van der Waals surface area contributed by atoms with Crippen LogP contribution in [0.15, 0.2) is 35.4 Å². The summed E-state index contributed by atoms with van der Waals surface area (Å²) in [6, 6.07) is 8.56. The van der Waals surface area contributed by atoms with Crippen LogP contribution in [0.25, 0.3) is 0 Å². The molecular weight excluding hydrogens is 451 g/mol. The van der Waals surface area contributed by atoms with E-state index < -0.39 is 5.91 Å². The zero-order valence-corrected chi connectivity index (χ0v) is 17.0. The summed E-state index contributed by atoms with van der Waals surface area (Å²) in [6.07, 6.45) is 1.53. The molecule has 2 aromatic carbocycles. The second kappa shape index (κ2) is 9.27. The van der Waals surface area contributed by atoms with E-state index in [2.05, 4.69) is 33.1 Å². The number of hydrogen-bond acceptors (Lipinski definition) is 6. The van der Waals surface area contributed by atoms with Gasteiger partial charge >= 0.3 is 0 Å². The average molecular weight is 470 g/mol. The van der Waals surface area contributed by atoms with Crippen LogP contribution in [0.1, 0.15) is 15.9 Å². The highest BCUT2D eigenvalue weighted by molar-refractivity contribution is 14.1. The van der Waals surface area contributed by atoms with Gasteiger partial charge in [-0.1, -0.05) is 0 Å². The average Bonchev–Trinajstić information content (AvgIpc) is 2.66. The molecular formula is C18H19IN2O5. The third kappa shape index (κ3) is 4.57. The number of rotatable bonds is 7. The van der Waals surface area contributed by atoms with Crippen LogP contribution in [0.4, 0.5) is 0 Å². The number of halogens is 1. The molecule has 0 atom stereocenters. The van der Waals surface area contributed by atoms with E-state index in [-0.39, 0.29) is 0 Å². The maximum absolute atomic E-state index is 12.3. The van der Waals surface area contributed by atoms with Gasteiger partial charge in [-0.05, 0) is 52.4 Å². The Labute approximate surface area is 165 Å². The van der Waals surface area contributed by atoms with E-state index in [1.165, 1.54) is 13.3 Å². The van der Waals surface area contributed by atoms with Crippen LogP contribution < -0.4 is 24.4 Å². The van der Waals surface area contributed by atoms with Gasteiger partial charge < -0.3 is 18.9 Å². The molecule has 1 amide bonds. The Bertz CT molecular complexity index is 823. The van der Waals surface area contributed by atoms with Crippen molar-refractivity contribution < 1.29 is 23.7 Å². The standard InChI is InChI=1S/C18H19IN2O5/c1-23-12-5-6-13(15(9-12)24-2)18(22)21-20-10-11-7-14(19)17(26-4)16(8-11)25-3/h5-10H,1-4H3,(H,21,22)/b20-10-. The van der Waals surface area contributed by atoms with Crippen molar-refractivity contribution >= 4 is 34.7 Å². The zero-order valence-electron chi connectivity index (χ0n) is 14.8. The predicted octanol–water partition coefficient (Wildman–Crippen LogP) is 3.09. The first-order valence-electron chi connectivity index (χ1n) is 7.51. The Balaban J connectivity index is 2.16. The molecule has 0 aliphatic rings. The topological polar surface area (TPSA) is 78.4 Å². The van der Waals surface area contributed by atoms with Crippen molar-refractivity contribution in [1.29, 1.82) is 0 Å². The number of hydrazone groups is 1. The van der Waals surface area contributed by atoms with Crippen LogP contribution in [0.5, 0.6) is 23.0 Å². The van der Waals surface area contributed by atoms with Crippen LogP contribution in [0.2, 0.25) is 0 Å². The molecule has 0 radical (unpaired) electrons. The lowest BCUT2D eigenvalue weighted by molar-refractivity contribution is 0.0952. The Morgan fingerprint density at radius 1 is 1.00 bits per heavy atom. The van der Waals surface area contributed by atoms with E-state index in [9.17, 15) is 4.79 Å². The largest absolute Gasteiger partial charge is 0.497 e. The zero-order chi connectivity index (χ0) is 19.1. The fourth-order valence-corrected chi connectivity index (χ4v) is 3.07. The molecule has 0 aromatic heterocycles. The van der Waals surface area contributed by atoms with Gasteiger partial charge in [0.2, 0.25) is 0 Å². The molecule has 8 heteroatoms. The number of nitrogens with zero attached hydrogens (tertiary/aromatic N) is 1. The van der Waals surface area contributed by atoms with Gasteiger partial charge in [0.25, 0.3) is 5.91 Å². The molecule has 0 spiro atoms. The molecule has 0 unspecified atom stereocenters. The third-order valence-corrected chi connectivity index (χ3v) is 4.29. The third-order valence-electron chi connectivity index (χ3n) is 3.49. The fraction of sp³-hybridized carbons (Fsp3) is 0.222. The highest BCUT2D eigenvalue weighted by Crippen LogP contribution is 2.33. The number of methoxy groups -OCH3 is 4. The SMILES string of the molecule is COc1ccc(C(=O)N/N=C\c2cc(I)c(OC)c(OC)c2)c(OC)c1. The van der Waals surface area contributed by atoms with Crippen molar-refractivity contribution in [3.05, 3.63) is 45.0 Å². The van der Waals surface area contributed by atoms with Crippen molar-refractivity contribution in [2.45, 2.75) is 0 Å². The number of carbonyl (C=O) groups is 1. The van der Waals surface area contributed by atoms with Gasteiger partial charge in [0, 0.05) is 6.07 Å². The molecule has 1 N–H and O–H groups in total. The Hall–Kier alpha value is -2.49. The second-order valence-electron chi connectivity index (χ2n) is 5.00. The van der Waals surface area contributed by atoms with Crippen LogP contribution in [0.3, 0.4) is 0 Å². The van der Waals surface area contributed by atoms with Crippen molar-refractivity contribution in [3.8, 4) is 23.0 Å². The minimum Gasteiger partial charge on any atom is -0.497 e. The van der Waals surface area contributed by atoms with Crippen molar-refractivity contribution in [1.82, 2.24) is 5.43 Å². The van der Waals surface area contributed by atoms with Crippen molar-refractivity contribution in [2.24, 2.45) is 5.10 Å². The first-order chi connectivity index (χ1) is 12.5. The van der Waals surface area contributed by atoms with Crippen molar-refractivity contribution in [3.63, 3.8) is 0 Å². The number of ether oxygens (including phenoxy) is 4. The predicted molar refractivity (Wildman–Crippen MR) is 107 cm³/mol. The van der Waals surface area contributed by atoms with Gasteiger partial charge in [0.1, 0.15) is 11.5 Å². The second-order valence-corrected chi connectivity index (χ2v) is 6.17. The lowest BCUT2D eigenvalue weighted by Crippen LogP contribution is -2.18. The van der Waals surface area contributed by atoms with E-state index in [0.29, 0.717) is 28.6 Å². The van der Waals surface area contributed by atoms with Crippen LogP contribution in [-0.4, -0.2) is 40.6 Å². The summed E-state index contributed by atoms with van der Waals surface area (Å²) in [5.74, 6) is 1.84. The minimum atomic E-state index is -0.393. The molecule has 7 nitrogen and oxygen atoms in total. The van der Waals surface area contributed by atoms with Gasteiger partial charge in [0.05, 0.1) is 43.8 Å². The maximum atomic E-state index is 12.3. The molecule has 0 aliphatic heterocycles. The Morgan fingerprint density at radius 2 is 1.73 bits per heavy atom. The summed E-state index contributed by atoms with van der Waals surface area (Å²) < 4.78 is 21.8. The van der Waals surface area contributed by atoms with Gasteiger partial charge in [-0.25, -0.2) is 5.43 Å². The molecule has 0 saturated heterocycles. The quantitative estimate of drug-likeness (QED) is 0.383. The van der Waals surface area contributed by atoms with E-state index >= 15 is 0 Å². The summed E-state index contributed by atoms with van der Waals surface area (Å²) in [5.41, 5.74) is 3.59. The van der Waals surface area contributed by atoms with Crippen LogP contribution in [0, 0.1) is 3.57 Å². The van der Waals surface area contributed by atoms with E-state index in [1.807, 2.05) is 6.07 Å². The fourth-order valence-electron chi connectivity index (χ4n) is 2.22. The lowest BCUT2D eigenvalue weighted by atomic mass is 10.2. The molecule has 0 saturated carbocycles. The number of benzene rings is 2. The number of amides is 1. The lowest BCUT2D eigenvalue weighted by Gasteiger charge is -2.10. The smallest absolute Gasteiger partial charge is 0.275 e. The van der Waals surface area contributed by atoms with E-state index in [4.69, 9.17) is 18.9 Å². The summed E-state index contributed by atoms with van der Waals surface area (Å²) in [7, 11) is 6.17. The summed E-state index contributed by atoms with van der Waals surface area (Å²) in [6.45, 7) is 0. The first kappa shape index (κ1) is 19.8. The van der Waals surface area contributed by atoms with Gasteiger partial charge in [-0.15, -0.1) is 0 Å². The maximum Gasteiger partial charge on any atom is 0.275 e. The molecule has 26 heavy (non-hydrogen) atoms. The molecule has 0 bridgehead atoms.